The van der Waals surface area contributed by atoms with Gasteiger partial charge in [-0.25, -0.2) is 4.98 Å². The summed E-state index contributed by atoms with van der Waals surface area (Å²) in [5.74, 6) is 0.420. The minimum atomic E-state index is 0.420. The fourth-order valence-corrected chi connectivity index (χ4v) is 2.14. The molecule has 0 aliphatic carbocycles. The highest BCUT2D eigenvalue weighted by Gasteiger charge is 2.06. The molecule has 0 spiro atoms. The lowest BCUT2D eigenvalue weighted by Gasteiger charge is -2.08. The van der Waals surface area contributed by atoms with E-state index in [-0.39, 0.29) is 0 Å². The Hall–Kier alpha value is -1.73. The van der Waals surface area contributed by atoms with E-state index in [9.17, 15) is 0 Å². The van der Waals surface area contributed by atoms with E-state index >= 15 is 0 Å². The van der Waals surface area contributed by atoms with Crippen molar-refractivity contribution in [3.05, 3.63) is 42.2 Å². The van der Waals surface area contributed by atoms with E-state index < -0.39 is 0 Å². The number of para-hydroxylation sites is 1. The molecule has 16 heavy (non-hydrogen) atoms. The van der Waals surface area contributed by atoms with Crippen molar-refractivity contribution < 1.29 is 0 Å². The van der Waals surface area contributed by atoms with Gasteiger partial charge in [-0.15, -0.1) is 0 Å². The van der Waals surface area contributed by atoms with E-state index in [4.69, 9.17) is 5.26 Å². The molecule has 0 amide bonds. The maximum absolute atomic E-state index is 8.57. The van der Waals surface area contributed by atoms with Crippen LogP contribution in [0.25, 0.3) is 5.69 Å². The summed E-state index contributed by atoms with van der Waals surface area (Å²) in [7, 11) is 0. The minimum Gasteiger partial charge on any atom is -0.295 e. The summed E-state index contributed by atoms with van der Waals surface area (Å²) in [4.78, 5) is 4.25. The number of imidazole rings is 1. The number of nitrogens with zero attached hydrogens (tertiary/aromatic N) is 3. The number of hydrogen-bond donors (Lipinski definition) is 0. The average molecular weight is 229 g/mol. The first-order valence-electron chi connectivity index (χ1n) is 4.92. The summed E-state index contributed by atoms with van der Waals surface area (Å²) in [5.41, 5.74) is 2.31. The Balaban J connectivity index is 2.38. The molecular weight excluding hydrogens is 218 g/mol. The summed E-state index contributed by atoms with van der Waals surface area (Å²) < 4.78 is 2.01. The Morgan fingerprint density at radius 1 is 1.44 bits per heavy atom. The topological polar surface area (TPSA) is 41.6 Å². The predicted molar refractivity (Wildman–Crippen MR) is 64.6 cm³/mol. The number of thioether (sulfide) groups is 1. The first-order valence-corrected chi connectivity index (χ1v) is 5.90. The lowest BCUT2D eigenvalue weighted by atomic mass is 10.2. The maximum atomic E-state index is 8.57. The van der Waals surface area contributed by atoms with E-state index in [1.165, 1.54) is 17.3 Å². The third kappa shape index (κ3) is 2.10. The van der Waals surface area contributed by atoms with Gasteiger partial charge in [-0.1, -0.05) is 30.0 Å². The van der Waals surface area contributed by atoms with Crippen molar-refractivity contribution in [3.8, 4) is 11.8 Å². The Labute approximate surface area is 98.7 Å². The molecule has 1 aromatic heterocycles. The zero-order chi connectivity index (χ0) is 11.4. The molecule has 0 bridgehead atoms. The predicted octanol–water partition coefficient (Wildman–Crippen LogP) is 2.80. The van der Waals surface area contributed by atoms with Gasteiger partial charge in [0.05, 0.1) is 17.5 Å². The van der Waals surface area contributed by atoms with Crippen LogP contribution in [0.4, 0.5) is 0 Å². The lowest BCUT2D eigenvalue weighted by Crippen LogP contribution is -1.97. The largest absolute Gasteiger partial charge is 0.295 e. The summed E-state index contributed by atoms with van der Waals surface area (Å²) in [6, 6.07) is 10.2. The molecule has 0 unspecified atom stereocenters. The second-order valence-electron chi connectivity index (χ2n) is 3.31. The van der Waals surface area contributed by atoms with Gasteiger partial charge in [-0.05, 0) is 18.6 Å². The lowest BCUT2D eigenvalue weighted by molar-refractivity contribution is 0.889. The SMILES string of the molecule is Cc1ccccc1-n1ccnc1SCC#N. The van der Waals surface area contributed by atoms with Crippen LogP contribution in [-0.2, 0) is 0 Å². The van der Waals surface area contributed by atoms with Crippen LogP contribution in [0.3, 0.4) is 0 Å². The summed E-state index contributed by atoms with van der Waals surface area (Å²) in [6.45, 7) is 2.06. The quantitative estimate of drug-likeness (QED) is 0.760. The maximum Gasteiger partial charge on any atom is 0.173 e. The molecule has 0 radical (unpaired) electrons. The molecule has 1 heterocycles. The Bertz CT molecular complexity index is 525. The van der Waals surface area contributed by atoms with E-state index in [1.807, 2.05) is 29.0 Å². The Kier molecular flexibility index (Phi) is 3.28. The van der Waals surface area contributed by atoms with Crippen LogP contribution in [0.5, 0.6) is 0 Å². The van der Waals surface area contributed by atoms with Gasteiger partial charge < -0.3 is 0 Å². The molecule has 0 N–H and O–H groups in total. The van der Waals surface area contributed by atoms with Crippen molar-refractivity contribution in [1.29, 1.82) is 5.26 Å². The van der Waals surface area contributed by atoms with Crippen molar-refractivity contribution in [3.63, 3.8) is 0 Å². The molecule has 80 valence electrons. The smallest absolute Gasteiger partial charge is 0.173 e. The summed E-state index contributed by atoms with van der Waals surface area (Å²) >= 11 is 1.45. The van der Waals surface area contributed by atoms with Crippen molar-refractivity contribution in [1.82, 2.24) is 9.55 Å². The zero-order valence-corrected chi connectivity index (χ0v) is 9.74. The molecule has 0 aliphatic heterocycles. The van der Waals surface area contributed by atoms with Gasteiger partial charge >= 0.3 is 0 Å². The van der Waals surface area contributed by atoms with Gasteiger partial charge in [0.1, 0.15) is 0 Å². The third-order valence-electron chi connectivity index (χ3n) is 2.25. The van der Waals surface area contributed by atoms with E-state index in [0.29, 0.717) is 5.75 Å². The third-order valence-corrected chi connectivity index (χ3v) is 3.08. The van der Waals surface area contributed by atoms with Gasteiger partial charge in [0, 0.05) is 12.4 Å². The highest BCUT2D eigenvalue weighted by molar-refractivity contribution is 7.99. The standard InChI is InChI=1S/C12H11N3S/c1-10-4-2-3-5-11(10)15-8-7-14-12(15)16-9-6-13/h2-5,7-8H,9H2,1H3. The molecule has 4 heteroatoms. The van der Waals surface area contributed by atoms with E-state index in [0.717, 1.165) is 10.8 Å². The van der Waals surface area contributed by atoms with Crippen LogP contribution >= 0.6 is 11.8 Å². The number of benzene rings is 1. The van der Waals surface area contributed by atoms with Gasteiger partial charge in [0.2, 0.25) is 0 Å². The monoisotopic (exact) mass is 229 g/mol. The molecule has 0 fully saturated rings. The fraction of sp³-hybridized carbons (Fsp3) is 0.167. The van der Waals surface area contributed by atoms with Crippen molar-refractivity contribution in [2.45, 2.75) is 12.1 Å². The molecule has 2 aromatic rings. The summed E-state index contributed by atoms with van der Waals surface area (Å²) in [5, 5.41) is 9.43. The number of aromatic nitrogens is 2. The number of aryl methyl sites for hydroxylation is 1. The first kappa shape index (κ1) is 10.8. The molecule has 1 aromatic carbocycles. The normalized spacial score (nSPS) is 10.0. The van der Waals surface area contributed by atoms with Crippen molar-refractivity contribution >= 4 is 11.8 Å². The van der Waals surface area contributed by atoms with Crippen molar-refractivity contribution in [2.24, 2.45) is 0 Å². The zero-order valence-electron chi connectivity index (χ0n) is 8.92. The van der Waals surface area contributed by atoms with Crippen LogP contribution in [-0.4, -0.2) is 15.3 Å². The van der Waals surface area contributed by atoms with Crippen LogP contribution in [0.1, 0.15) is 5.56 Å². The molecule has 0 aliphatic rings. The molecule has 0 saturated carbocycles. The van der Waals surface area contributed by atoms with Gasteiger partial charge in [0.15, 0.2) is 5.16 Å². The van der Waals surface area contributed by atoms with Crippen LogP contribution in [0.15, 0.2) is 41.8 Å². The Morgan fingerprint density at radius 2 is 2.25 bits per heavy atom. The molecule has 2 rings (SSSR count). The summed E-state index contributed by atoms with van der Waals surface area (Å²) in [6.07, 6.45) is 3.67. The van der Waals surface area contributed by atoms with E-state index in [2.05, 4.69) is 24.0 Å². The van der Waals surface area contributed by atoms with Gasteiger partial charge in [-0.3, -0.25) is 4.57 Å². The van der Waals surface area contributed by atoms with Gasteiger partial charge in [-0.2, -0.15) is 5.26 Å². The Morgan fingerprint density at radius 3 is 3.00 bits per heavy atom. The highest BCUT2D eigenvalue weighted by atomic mass is 32.2. The number of hydrogen-bond acceptors (Lipinski definition) is 3. The molecule has 3 nitrogen and oxygen atoms in total. The highest BCUT2D eigenvalue weighted by Crippen LogP contribution is 2.21. The first-order chi connectivity index (χ1) is 7.83. The number of rotatable bonds is 3. The van der Waals surface area contributed by atoms with E-state index in [1.54, 1.807) is 6.20 Å². The van der Waals surface area contributed by atoms with Crippen LogP contribution < -0.4 is 0 Å². The van der Waals surface area contributed by atoms with Crippen molar-refractivity contribution in [2.75, 3.05) is 5.75 Å². The van der Waals surface area contributed by atoms with Crippen LogP contribution in [0, 0.1) is 18.3 Å². The minimum absolute atomic E-state index is 0.420. The van der Waals surface area contributed by atoms with Gasteiger partial charge in [0.25, 0.3) is 0 Å². The second-order valence-corrected chi connectivity index (χ2v) is 4.26. The molecule has 0 saturated heterocycles. The second kappa shape index (κ2) is 4.86. The molecule has 0 atom stereocenters. The fourth-order valence-electron chi connectivity index (χ4n) is 1.51. The number of nitriles is 1. The molecular formula is C12H11N3S. The van der Waals surface area contributed by atoms with Crippen LogP contribution in [0.2, 0.25) is 0 Å². The average Bonchev–Trinajstić information content (AvgIpc) is 2.75.